The van der Waals surface area contributed by atoms with Gasteiger partial charge in [0.05, 0.1) is 30.6 Å². The molecule has 1 amide bonds. The molecule has 2 fully saturated rings. The lowest BCUT2D eigenvalue weighted by atomic mass is 9.84. The van der Waals surface area contributed by atoms with Gasteiger partial charge < -0.3 is 14.4 Å². The Morgan fingerprint density at radius 3 is 2.47 bits per heavy atom. The van der Waals surface area contributed by atoms with Crippen molar-refractivity contribution in [1.29, 1.82) is 0 Å². The fraction of sp³-hybridized carbons (Fsp3) is 0.385. The quantitative estimate of drug-likeness (QED) is 0.487. The van der Waals surface area contributed by atoms with Gasteiger partial charge >= 0.3 is 0 Å². The number of aryl methyl sites for hydroxylation is 1. The minimum absolute atomic E-state index is 0.183. The van der Waals surface area contributed by atoms with Crippen molar-refractivity contribution in [2.75, 3.05) is 7.11 Å². The Labute approximate surface area is 188 Å². The van der Waals surface area contributed by atoms with E-state index in [2.05, 4.69) is 4.90 Å². The number of methoxy groups -OCH3 is 1. The van der Waals surface area contributed by atoms with Crippen LogP contribution in [0.5, 0.6) is 17.4 Å². The molecule has 3 aromatic rings. The minimum atomic E-state index is 0.183. The van der Waals surface area contributed by atoms with Gasteiger partial charge in [-0.3, -0.25) is 4.79 Å². The van der Waals surface area contributed by atoms with E-state index in [4.69, 9.17) is 14.6 Å². The maximum atomic E-state index is 13.2. The number of benzene rings is 2. The topological polar surface area (TPSA) is 56.6 Å². The number of aromatic nitrogens is 2. The van der Waals surface area contributed by atoms with Gasteiger partial charge in [0.25, 0.3) is 0 Å². The summed E-state index contributed by atoms with van der Waals surface area (Å²) in [5.74, 6) is 2.52. The number of rotatable bonds is 8. The summed E-state index contributed by atoms with van der Waals surface area (Å²) in [6.45, 7) is 2.52. The summed E-state index contributed by atoms with van der Waals surface area (Å²) < 4.78 is 13.6. The molecule has 0 unspecified atom stereocenters. The second kappa shape index (κ2) is 8.69. The van der Waals surface area contributed by atoms with Crippen LogP contribution in [0.4, 0.5) is 0 Å². The Morgan fingerprint density at radius 1 is 1.06 bits per heavy atom. The second-order valence-electron chi connectivity index (χ2n) is 8.72. The highest BCUT2D eigenvalue weighted by Crippen LogP contribution is 2.38. The summed E-state index contributed by atoms with van der Waals surface area (Å²) in [6, 6.07) is 17.9. The van der Waals surface area contributed by atoms with Crippen LogP contribution in [0, 0.1) is 12.8 Å². The molecule has 6 nitrogen and oxygen atoms in total. The molecule has 166 valence electrons. The van der Waals surface area contributed by atoms with Gasteiger partial charge in [0.2, 0.25) is 11.8 Å². The average molecular weight is 432 g/mol. The third kappa shape index (κ3) is 4.09. The largest absolute Gasteiger partial charge is 0.497 e. The van der Waals surface area contributed by atoms with E-state index in [0.717, 1.165) is 54.8 Å². The number of para-hydroxylation sites is 1. The number of ether oxygens (including phenoxy) is 2. The highest BCUT2D eigenvalue weighted by molar-refractivity contribution is 5.80. The smallest absolute Gasteiger partial charge is 0.227 e. The van der Waals surface area contributed by atoms with Gasteiger partial charge in [-0.05, 0) is 56.9 Å². The van der Waals surface area contributed by atoms with Crippen LogP contribution in [0.2, 0.25) is 0 Å². The normalized spacial score (nSPS) is 15.8. The van der Waals surface area contributed by atoms with Crippen molar-refractivity contribution in [1.82, 2.24) is 14.7 Å². The first kappa shape index (κ1) is 20.6. The summed E-state index contributed by atoms with van der Waals surface area (Å²) in [7, 11) is 1.64. The van der Waals surface area contributed by atoms with E-state index in [0.29, 0.717) is 24.2 Å². The molecule has 2 aliphatic rings. The number of nitrogens with zero attached hydrogens (tertiary/aromatic N) is 3. The lowest BCUT2D eigenvalue weighted by Gasteiger charge is -2.32. The molecule has 5 rings (SSSR count). The van der Waals surface area contributed by atoms with E-state index < -0.39 is 0 Å². The molecular formula is C26H29N3O3. The van der Waals surface area contributed by atoms with Crippen molar-refractivity contribution < 1.29 is 14.3 Å². The van der Waals surface area contributed by atoms with Gasteiger partial charge in [-0.25, -0.2) is 4.68 Å². The van der Waals surface area contributed by atoms with Gasteiger partial charge in [-0.2, -0.15) is 5.10 Å². The molecule has 2 aliphatic carbocycles. The standard InChI is InChI=1S/C26H29N3O3/c1-18-24(17-28(20-14-15-20)25(30)19-8-6-9-19)26(29(27-18)21-10-4-3-5-11-21)32-23-13-7-12-22(16-23)31-2/h3-5,7,10-13,16,19-20H,6,8-9,14-15,17H2,1-2H3. The molecule has 32 heavy (non-hydrogen) atoms. The fourth-order valence-electron chi connectivity index (χ4n) is 4.18. The zero-order chi connectivity index (χ0) is 22.1. The van der Waals surface area contributed by atoms with E-state index >= 15 is 0 Å². The summed E-state index contributed by atoms with van der Waals surface area (Å²) in [6.07, 6.45) is 5.34. The zero-order valence-corrected chi connectivity index (χ0v) is 18.7. The van der Waals surface area contributed by atoms with Crippen LogP contribution in [-0.4, -0.2) is 33.7 Å². The van der Waals surface area contributed by atoms with Crippen LogP contribution in [0.3, 0.4) is 0 Å². The monoisotopic (exact) mass is 431 g/mol. The van der Waals surface area contributed by atoms with Gasteiger partial charge in [0.15, 0.2) is 0 Å². The third-order valence-corrected chi connectivity index (χ3v) is 6.45. The van der Waals surface area contributed by atoms with Gasteiger partial charge in [0, 0.05) is 18.0 Å². The van der Waals surface area contributed by atoms with E-state index in [1.54, 1.807) is 7.11 Å². The Balaban J connectivity index is 1.53. The maximum absolute atomic E-state index is 13.2. The molecule has 6 heteroatoms. The van der Waals surface area contributed by atoms with Crippen LogP contribution in [0.1, 0.15) is 43.4 Å². The first-order chi connectivity index (χ1) is 15.6. The van der Waals surface area contributed by atoms with Crippen molar-refractivity contribution in [2.24, 2.45) is 5.92 Å². The number of carbonyl (C=O) groups excluding carboxylic acids is 1. The number of carbonyl (C=O) groups is 1. The number of amides is 1. The predicted octanol–water partition coefficient (Wildman–Crippen LogP) is 5.27. The SMILES string of the molecule is COc1cccc(Oc2c(CN(C(=O)C3CCC3)C3CC3)c(C)nn2-c2ccccc2)c1. The fourth-order valence-corrected chi connectivity index (χ4v) is 4.18. The molecule has 0 N–H and O–H groups in total. The summed E-state index contributed by atoms with van der Waals surface area (Å²) in [5.41, 5.74) is 2.75. The van der Waals surface area contributed by atoms with Crippen molar-refractivity contribution in [2.45, 2.75) is 51.6 Å². The van der Waals surface area contributed by atoms with Crippen molar-refractivity contribution >= 4 is 5.91 Å². The first-order valence-electron chi connectivity index (χ1n) is 11.4. The molecule has 1 aromatic heterocycles. The molecule has 2 saturated carbocycles. The maximum Gasteiger partial charge on any atom is 0.227 e. The summed E-state index contributed by atoms with van der Waals surface area (Å²) in [5, 5.41) is 4.81. The van der Waals surface area contributed by atoms with E-state index in [9.17, 15) is 4.79 Å². The summed E-state index contributed by atoms with van der Waals surface area (Å²) >= 11 is 0. The van der Waals surface area contributed by atoms with Gasteiger partial charge in [-0.15, -0.1) is 0 Å². The van der Waals surface area contributed by atoms with Crippen molar-refractivity contribution in [3.63, 3.8) is 0 Å². The van der Waals surface area contributed by atoms with Crippen molar-refractivity contribution in [3.05, 3.63) is 65.9 Å². The van der Waals surface area contributed by atoms with Crippen molar-refractivity contribution in [3.8, 4) is 23.1 Å². The molecule has 0 atom stereocenters. The van der Waals surface area contributed by atoms with Crippen LogP contribution in [-0.2, 0) is 11.3 Å². The average Bonchev–Trinajstić information content (AvgIpc) is 3.57. The van der Waals surface area contributed by atoms with Crippen LogP contribution >= 0.6 is 0 Å². The third-order valence-electron chi connectivity index (χ3n) is 6.45. The molecule has 0 bridgehead atoms. The Hall–Kier alpha value is -3.28. The molecule has 0 aliphatic heterocycles. The molecular weight excluding hydrogens is 402 g/mol. The van der Waals surface area contributed by atoms with E-state index in [1.165, 1.54) is 0 Å². The lowest BCUT2D eigenvalue weighted by Crippen LogP contribution is -2.40. The molecule has 0 saturated heterocycles. The first-order valence-corrected chi connectivity index (χ1v) is 11.4. The Morgan fingerprint density at radius 2 is 1.81 bits per heavy atom. The highest BCUT2D eigenvalue weighted by Gasteiger charge is 2.39. The summed E-state index contributed by atoms with van der Waals surface area (Å²) in [4.78, 5) is 15.3. The molecule has 1 heterocycles. The van der Waals surface area contributed by atoms with Gasteiger partial charge in [-0.1, -0.05) is 30.7 Å². The van der Waals surface area contributed by atoms with E-state index in [-0.39, 0.29) is 11.8 Å². The van der Waals surface area contributed by atoms with Crippen LogP contribution in [0.25, 0.3) is 5.69 Å². The van der Waals surface area contributed by atoms with Crippen LogP contribution in [0.15, 0.2) is 54.6 Å². The Bertz CT molecular complexity index is 1100. The molecule has 2 aromatic carbocycles. The second-order valence-corrected chi connectivity index (χ2v) is 8.72. The zero-order valence-electron chi connectivity index (χ0n) is 18.7. The number of hydrogen-bond donors (Lipinski definition) is 0. The minimum Gasteiger partial charge on any atom is -0.497 e. The predicted molar refractivity (Wildman–Crippen MR) is 122 cm³/mol. The number of hydrogen-bond acceptors (Lipinski definition) is 4. The molecule has 0 radical (unpaired) electrons. The highest BCUT2D eigenvalue weighted by atomic mass is 16.5. The lowest BCUT2D eigenvalue weighted by molar-refractivity contribution is -0.139. The Kier molecular flexibility index (Phi) is 5.60. The van der Waals surface area contributed by atoms with E-state index in [1.807, 2.05) is 66.2 Å². The van der Waals surface area contributed by atoms with Crippen LogP contribution < -0.4 is 9.47 Å². The molecule has 0 spiro atoms. The van der Waals surface area contributed by atoms with Gasteiger partial charge in [0.1, 0.15) is 11.5 Å².